The van der Waals surface area contributed by atoms with Crippen LogP contribution in [0.2, 0.25) is 0 Å². The van der Waals surface area contributed by atoms with Crippen molar-refractivity contribution in [1.29, 1.82) is 0 Å². The number of aldehydes is 1. The molecule has 6 aromatic rings. The summed E-state index contributed by atoms with van der Waals surface area (Å²) in [5.41, 5.74) is 8.72. The average Bonchev–Trinajstić information content (AvgIpc) is 3.27. The number of aromatic nitrogens is 1. The Hall–Kier alpha value is -4.63. The van der Waals surface area contributed by atoms with Crippen molar-refractivity contribution < 1.29 is 4.79 Å². The van der Waals surface area contributed by atoms with Gasteiger partial charge in [-0.25, -0.2) is 0 Å². The maximum atomic E-state index is 11.4. The van der Waals surface area contributed by atoms with E-state index in [9.17, 15) is 4.79 Å². The van der Waals surface area contributed by atoms with Gasteiger partial charge in [0.05, 0.1) is 0 Å². The Morgan fingerprint density at radius 3 is 1.72 bits per heavy atom. The highest BCUT2D eigenvalue weighted by Gasteiger charge is 2.14. The molecule has 0 radical (unpaired) electrons. The molecule has 0 saturated carbocycles. The van der Waals surface area contributed by atoms with Crippen molar-refractivity contribution in [2.45, 2.75) is 13.5 Å². The maximum Gasteiger partial charge on any atom is 0.150 e. The number of rotatable bonds is 6. The van der Waals surface area contributed by atoms with Crippen LogP contribution in [0.15, 0.2) is 121 Å². The third-order valence-corrected chi connectivity index (χ3v) is 6.83. The number of carbonyl (C=O) groups excluding carboxylic acids is 1. The van der Waals surface area contributed by atoms with Crippen LogP contribution in [0.3, 0.4) is 0 Å². The molecule has 1 heterocycles. The summed E-state index contributed by atoms with van der Waals surface area (Å²) in [4.78, 5) is 13.7. The summed E-state index contributed by atoms with van der Waals surface area (Å²) in [5, 5.41) is 2.29. The minimum Gasteiger partial charge on any atom is -0.341 e. The Morgan fingerprint density at radius 2 is 1.14 bits per heavy atom. The summed E-state index contributed by atoms with van der Waals surface area (Å²) in [7, 11) is 0. The molecule has 0 atom stereocenters. The minimum absolute atomic E-state index is 0.703. The van der Waals surface area contributed by atoms with Gasteiger partial charge in [0.25, 0.3) is 0 Å². The van der Waals surface area contributed by atoms with Gasteiger partial charge >= 0.3 is 0 Å². The molecule has 6 rings (SSSR count). The fourth-order valence-corrected chi connectivity index (χ4v) is 5.12. The fraction of sp³-hybridized carbons (Fsp3) is 0.0606. The molecule has 0 bridgehead atoms. The molecule has 36 heavy (non-hydrogen) atoms. The van der Waals surface area contributed by atoms with Crippen LogP contribution in [0, 0.1) is 0 Å². The van der Waals surface area contributed by atoms with E-state index in [0.717, 1.165) is 51.9 Å². The zero-order valence-electron chi connectivity index (χ0n) is 20.1. The first-order chi connectivity index (χ1) is 17.8. The van der Waals surface area contributed by atoms with Gasteiger partial charge in [-0.2, -0.15) is 0 Å². The highest BCUT2D eigenvalue weighted by Crippen LogP contribution is 2.37. The minimum atomic E-state index is 0.703. The topological polar surface area (TPSA) is 25.2 Å². The summed E-state index contributed by atoms with van der Waals surface area (Å²) >= 11 is 0. The number of hydrogen-bond acceptors (Lipinski definition) is 2. The van der Waals surface area contributed by atoms with Gasteiger partial charge in [0.2, 0.25) is 0 Å². The summed E-state index contributed by atoms with van der Waals surface area (Å²) in [6.45, 7) is 3.04. The molecule has 174 valence electrons. The molecule has 0 aliphatic carbocycles. The lowest BCUT2D eigenvalue weighted by Gasteiger charge is -2.25. The molecule has 0 unspecified atom stereocenters. The average molecular weight is 467 g/mol. The van der Waals surface area contributed by atoms with E-state index in [2.05, 4.69) is 113 Å². The predicted molar refractivity (Wildman–Crippen MR) is 151 cm³/mol. The molecule has 0 saturated heterocycles. The largest absolute Gasteiger partial charge is 0.341 e. The third-order valence-electron chi connectivity index (χ3n) is 6.83. The number of carbonyl (C=O) groups is 1. The highest BCUT2D eigenvalue weighted by molar-refractivity contribution is 6.10. The molecule has 0 aliphatic heterocycles. The SMILES string of the molecule is CCn1c2ccc(C=O)cc2c2cc(-c3ccc(N(c4ccccc4)c4ccccc4)cc3)ccc21. The summed E-state index contributed by atoms with van der Waals surface area (Å²) in [6, 6.07) is 42.2. The summed E-state index contributed by atoms with van der Waals surface area (Å²) < 4.78 is 2.31. The summed E-state index contributed by atoms with van der Waals surface area (Å²) in [5.74, 6) is 0. The molecular formula is C33H26N2O. The molecule has 5 aromatic carbocycles. The Labute approximate surface area is 210 Å². The Kier molecular flexibility index (Phi) is 5.59. The first-order valence-electron chi connectivity index (χ1n) is 12.3. The van der Waals surface area contributed by atoms with Crippen LogP contribution in [0.1, 0.15) is 17.3 Å². The van der Waals surface area contributed by atoms with Crippen LogP contribution in [0.5, 0.6) is 0 Å². The van der Waals surface area contributed by atoms with E-state index in [1.54, 1.807) is 0 Å². The van der Waals surface area contributed by atoms with Crippen molar-refractivity contribution in [2.24, 2.45) is 0 Å². The van der Waals surface area contributed by atoms with Crippen molar-refractivity contribution in [1.82, 2.24) is 4.57 Å². The predicted octanol–water partition coefficient (Wildman–Crippen LogP) is 8.76. The molecule has 0 spiro atoms. The van der Waals surface area contributed by atoms with Crippen molar-refractivity contribution in [3.8, 4) is 11.1 Å². The van der Waals surface area contributed by atoms with Crippen LogP contribution in [0.25, 0.3) is 32.9 Å². The molecule has 0 aliphatic rings. The van der Waals surface area contributed by atoms with Gasteiger partial charge in [0.1, 0.15) is 6.29 Å². The van der Waals surface area contributed by atoms with E-state index < -0.39 is 0 Å². The van der Waals surface area contributed by atoms with E-state index in [1.165, 1.54) is 10.9 Å². The second-order valence-electron chi connectivity index (χ2n) is 8.92. The number of hydrogen-bond donors (Lipinski definition) is 0. The number of aryl methyl sites for hydroxylation is 1. The highest BCUT2D eigenvalue weighted by atomic mass is 16.1. The van der Waals surface area contributed by atoms with Crippen molar-refractivity contribution in [3.63, 3.8) is 0 Å². The molecule has 3 heteroatoms. The maximum absolute atomic E-state index is 11.4. The van der Waals surface area contributed by atoms with Gasteiger partial charge in [-0.1, -0.05) is 54.6 Å². The van der Waals surface area contributed by atoms with Crippen molar-refractivity contribution in [3.05, 3.63) is 127 Å². The van der Waals surface area contributed by atoms with E-state index in [0.29, 0.717) is 5.56 Å². The monoisotopic (exact) mass is 466 g/mol. The van der Waals surface area contributed by atoms with Gasteiger partial charge in [-0.3, -0.25) is 4.79 Å². The Balaban J connectivity index is 1.44. The second-order valence-corrected chi connectivity index (χ2v) is 8.92. The van der Waals surface area contributed by atoms with E-state index in [-0.39, 0.29) is 0 Å². The first kappa shape index (κ1) is 21.9. The normalized spacial score (nSPS) is 11.1. The molecule has 3 nitrogen and oxygen atoms in total. The van der Waals surface area contributed by atoms with Crippen molar-refractivity contribution >= 4 is 45.2 Å². The zero-order valence-corrected chi connectivity index (χ0v) is 20.1. The molecule has 0 N–H and O–H groups in total. The van der Waals surface area contributed by atoms with E-state index in [1.807, 2.05) is 24.3 Å². The number of nitrogens with zero attached hydrogens (tertiary/aromatic N) is 2. The molecule has 0 fully saturated rings. The second kappa shape index (κ2) is 9.20. The van der Waals surface area contributed by atoms with Crippen LogP contribution < -0.4 is 4.90 Å². The van der Waals surface area contributed by atoms with Gasteiger partial charge in [-0.05, 0) is 84.8 Å². The van der Waals surface area contributed by atoms with E-state index in [4.69, 9.17) is 0 Å². The zero-order chi connectivity index (χ0) is 24.5. The molecular weight excluding hydrogens is 440 g/mol. The van der Waals surface area contributed by atoms with Crippen molar-refractivity contribution in [2.75, 3.05) is 4.90 Å². The number of fused-ring (bicyclic) bond motifs is 3. The lowest BCUT2D eigenvalue weighted by molar-refractivity contribution is 0.112. The standard InChI is InChI=1S/C33H26N2O/c1-2-34-32-19-13-24(23-36)21-30(32)31-22-26(16-20-33(31)34)25-14-17-29(18-15-25)35(27-9-5-3-6-10-27)28-11-7-4-8-12-28/h3-23H,2H2,1H3. The molecule has 0 amide bonds. The van der Waals surface area contributed by atoms with Crippen LogP contribution >= 0.6 is 0 Å². The molecule has 1 aromatic heterocycles. The van der Waals surface area contributed by atoms with Crippen LogP contribution in [0.4, 0.5) is 17.1 Å². The van der Waals surface area contributed by atoms with Crippen LogP contribution in [-0.4, -0.2) is 10.9 Å². The van der Waals surface area contributed by atoms with Gasteiger partial charge in [0, 0.05) is 51.0 Å². The Bertz CT molecular complexity index is 1630. The van der Waals surface area contributed by atoms with Gasteiger partial charge < -0.3 is 9.47 Å². The van der Waals surface area contributed by atoms with Gasteiger partial charge in [0.15, 0.2) is 0 Å². The fourth-order valence-electron chi connectivity index (χ4n) is 5.12. The Morgan fingerprint density at radius 1 is 0.611 bits per heavy atom. The lowest BCUT2D eigenvalue weighted by Crippen LogP contribution is -2.09. The summed E-state index contributed by atoms with van der Waals surface area (Å²) in [6.07, 6.45) is 0.919. The number of para-hydroxylation sites is 2. The van der Waals surface area contributed by atoms with Gasteiger partial charge in [-0.15, -0.1) is 0 Å². The number of benzene rings is 5. The first-order valence-corrected chi connectivity index (χ1v) is 12.3. The lowest BCUT2D eigenvalue weighted by atomic mass is 10.0. The smallest absolute Gasteiger partial charge is 0.150 e. The third kappa shape index (κ3) is 3.75. The number of anilines is 3. The van der Waals surface area contributed by atoms with E-state index >= 15 is 0 Å². The quantitative estimate of drug-likeness (QED) is 0.229. The van der Waals surface area contributed by atoms with Crippen LogP contribution in [-0.2, 0) is 6.54 Å².